The number of hydrogen-bond acceptors (Lipinski definition) is 5. The van der Waals surface area contributed by atoms with Crippen LogP contribution in [-0.4, -0.2) is 25.8 Å². The van der Waals surface area contributed by atoms with E-state index in [4.69, 9.17) is 14.2 Å². The number of hydrogen-bond donors (Lipinski definition) is 1. The molecule has 0 unspecified atom stereocenters. The van der Waals surface area contributed by atoms with Crippen LogP contribution in [0.4, 0.5) is 0 Å². The highest BCUT2D eigenvalue weighted by atomic mass is 79.9. The van der Waals surface area contributed by atoms with Crippen molar-refractivity contribution in [3.63, 3.8) is 0 Å². The summed E-state index contributed by atoms with van der Waals surface area (Å²) in [4.78, 5) is 11.9. The molecule has 0 atom stereocenters. The van der Waals surface area contributed by atoms with Gasteiger partial charge in [0.05, 0.1) is 13.3 Å². The Morgan fingerprint density at radius 1 is 1.00 bits per heavy atom. The van der Waals surface area contributed by atoms with E-state index in [1.54, 1.807) is 19.2 Å². The lowest BCUT2D eigenvalue weighted by atomic mass is 10.2. The predicted octanol–water partition coefficient (Wildman–Crippen LogP) is 4.57. The van der Waals surface area contributed by atoms with Gasteiger partial charge < -0.3 is 14.2 Å². The molecule has 3 aromatic carbocycles. The Morgan fingerprint density at radius 2 is 1.80 bits per heavy atom. The van der Waals surface area contributed by atoms with Crippen molar-refractivity contribution in [3.8, 4) is 17.2 Å². The molecule has 0 aliphatic rings. The highest BCUT2D eigenvalue weighted by Crippen LogP contribution is 2.20. The molecule has 1 N–H and O–H groups in total. The molecule has 0 fully saturated rings. The Labute approximate surface area is 183 Å². The Hall–Kier alpha value is -3.32. The minimum atomic E-state index is -0.360. The summed E-state index contributed by atoms with van der Waals surface area (Å²) < 4.78 is 17.4. The van der Waals surface area contributed by atoms with Gasteiger partial charge in [0.25, 0.3) is 5.91 Å². The van der Waals surface area contributed by atoms with Gasteiger partial charge >= 0.3 is 0 Å². The minimum absolute atomic E-state index is 0.137. The van der Waals surface area contributed by atoms with Crippen molar-refractivity contribution in [1.82, 2.24) is 5.43 Å². The normalized spacial score (nSPS) is 10.6. The zero-order valence-corrected chi connectivity index (χ0v) is 18.0. The third kappa shape index (κ3) is 6.63. The minimum Gasteiger partial charge on any atom is -0.497 e. The summed E-state index contributed by atoms with van der Waals surface area (Å²) in [5.74, 6) is 1.67. The van der Waals surface area contributed by atoms with Crippen LogP contribution in [0, 0.1) is 0 Å². The number of halogens is 1. The van der Waals surface area contributed by atoms with Gasteiger partial charge in [-0.15, -0.1) is 0 Å². The molecular weight excluding hydrogens is 448 g/mol. The molecule has 0 aromatic heterocycles. The van der Waals surface area contributed by atoms with Crippen LogP contribution in [0.25, 0.3) is 0 Å². The number of ether oxygens (including phenoxy) is 3. The van der Waals surface area contributed by atoms with Crippen LogP contribution in [0.1, 0.15) is 11.1 Å². The van der Waals surface area contributed by atoms with Gasteiger partial charge in [-0.05, 0) is 48.0 Å². The number of rotatable bonds is 9. The second-order valence-electron chi connectivity index (χ2n) is 6.22. The standard InChI is InChI=1S/C23H21BrN2O4/c1-28-20-9-4-6-17(12-20)15-30-22-11-3-2-7-18(22)14-25-26-23(27)16-29-21-10-5-8-19(24)13-21/h2-14H,15-16H2,1H3,(H,26,27)/b25-14+. The van der Waals surface area contributed by atoms with Crippen molar-refractivity contribution in [3.05, 3.63) is 88.4 Å². The monoisotopic (exact) mass is 468 g/mol. The van der Waals surface area contributed by atoms with E-state index in [1.165, 1.54) is 6.21 Å². The average molecular weight is 469 g/mol. The summed E-state index contributed by atoms with van der Waals surface area (Å²) >= 11 is 3.36. The lowest BCUT2D eigenvalue weighted by Gasteiger charge is -2.10. The predicted molar refractivity (Wildman–Crippen MR) is 119 cm³/mol. The lowest BCUT2D eigenvalue weighted by Crippen LogP contribution is -2.24. The van der Waals surface area contributed by atoms with Gasteiger partial charge in [0.15, 0.2) is 6.61 Å². The maximum atomic E-state index is 11.9. The third-order valence-electron chi connectivity index (χ3n) is 4.01. The molecule has 0 aliphatic heterocycles. The van der Waals surface area contributed by atoms with Crippen LogP contribution < -0.4 is 19.6 Å². The molecule has 7 heteroatoms. The van der Waals surface area contributed by atoms with Crippen molar-refractivity contribution < 1.29 is 19.0 Å². The highest BCUT2D eigenvalue weighted by Gasteiger charge is 2.04. The molecule has 3 aromatic rings. The molecule has 154 valence electrons. The smallest absolute Gasteiger partial charge is 0.277 e. The quantitative estimate of drug-likeness (QED) is 0.369. The first kappa shape index (κ1) is 21.4. The van der Waals surface area contributed by atoms with Crippen molar-refractivity contribution in [2.75, 3.05) is 13.7 Å². The van der Waals surface area contributed by atoms with Crippen molar-refractivity contribution in [2.24, 2.45) is 5.10 Å². The van der Waals surface area contributed by atoms with E-state index < -0.39 is 0 Å². The fourth-order valence-corrected chi connectivity index (χ4v) is 2.93. The fourth-order valence-electron chi connectivity index (χ4n) is 2.55. The van der Waals surface area contributed by atoms with Crippen LogP contribution in [-0.2, 0) is 11.4 Å². The molecular formula is C23H21BrN2O4. The first-order valence-electron chi connectivity index (χ1n) is 9.19. The van der Waals surface area contributed by atoms with Crippen LogP contribution in [0.2, 0.25) is 0 Å². The Balaban J connectivity index is 1.53. The Kier molecular flexibility index (Phi) is 7.86. The largest absolute Gasteiger partial charge is 0.497 e. The van der Waals surface area contributed by atoms with E-state index in [0.717, 1.165) is 21.3 Å². The number of nitrogens with one attached hydrogen (secondary N) is 1. The number of para-hydroxylation sites is 1. The number of methoxy groups -OCH3 is 1. The zero-order chi connectivity index (χ0) is 21.2. The summed E-state index contributed by atoms with van der Waals surface area (Å²) in [6.45, 7) is 0.247. The van der Waals surface area contributed by atoms with E-state index >= 15 is 0 Å². The summed E-state index contributed by atoms with van der Waals surface area (Å²) in [6.07, 6.45) is 1.54. The number of amides is 1. The van der Waals surface area contributed by atoms with Gasteiger partial charge in [-0.3, -0.25) is 4.79 Å². The number of hydrazone groups is 1. The number of carbonyl (C=O) groups excluding carboxylic acids is 1. The molecule has 0 spiro atoms. The molecule has 0 bridgehead atoms. The summed E-state index contributed by atoms with van der Waals surface area (Å²) in [5, 5.41) is 4.00. The van der Waals surface area contributed by atoms with Gasteiger partial charge in [-0.25, -0.2) is 5.43 Å². The topological polar surface area (TPSA) is 69.2 Å². The van der Waals surface area contributed by atoms with E-state index in [-0.39, 0.29) is 12.5 Å². The number of nitrogens with zero attached hydrogens (tertiary/aromatic N) is 1. The second-order valence-corrected chi connectivity index (χ2v) is 7.13. The maximum absolute atomic E-state index is 11.9. The summed E-state index contributed by atoms with van der Waals surface area (Å²) in [7, 11) is 1.63. The number of carbonyl (C=O) groups is 1. The van der Waals surface area contributed by atoms with Gasteiger partial charge in [-0.1, -0.05) is 46.3 Å². The molecule has 6 nitrogen and oxygen atoms in total. The molecule has 0 saturated heterocycles. The van der Waals surface area contributed by atoms with Gasteiger partial charge in [0, 0.05) is 10.0 Å². The van der Waals surface area contributed by atoms with E-state index in [2.05, 4.69) is 26.5 Å². The Morgan fingerprint density at radius 3 is 2.63 bits per heavy atom. The van der Waals surface area contributed by atoms with E-state index in [1.807, 2.05) is 60.7 Å². The van der Waals surface area contributed by atoms with Crippen LogP contribution in [0.5, 0.6) is 17.2 Å². The third-order valence-corrected chi connectivity index (χ3v) is 4.50. The average Bonchev–Trinajstić information content (AvgIpc) is 2.77. The van der Waals surface area contributed by atoms with Gasteiger partial charge in [0.2, 0.25) is 0 Å². The lowest BCUT2D eigenvalue weighted by molar-refractivity contribution is -0.123. The first-order chi connectivity index (χ1) is 14.6. The first-order valence-corrected chi connectivity index (χ1v) is 9.98. The molecule has 0 heterocycles. The van der Waals surface area contributed by atoms with Crippen LogP contribution in [0.15, 0.2) is 82.4 Å². The summed E-state index contributed by atoms with van der Waals surface area (Å²) in [5.41, 5.74) is 4.18. The molecule has 0 aliphatic carbocycles. The SMILES string of the molecule is COc1cccc(COc2ccccc2/C=N/NC(=O)COc2cccc(Br)c2)c1. The maximum Gasteiger partial charge on any atom is 0.277 e. The molecule has 1 amide bonds. The Bertz CT molecular complexity index is 1020. The van der Waals surface area contributed by atoms with Crippen LogP contribution in [0.3, 0.4) is 0 Å². The molecule has 30 heavy (non-hydrogen) atoms. The van der Waals surface area contributed by atoms with E-state index in [9.17, 15) is 4.79 Å². The van der Waals surface area contributed by atoms with Crippen molar-refractivity contribution >= 4 is 28.1 Å². The molecule has 3 rings (SSSR count). The van der Waals surface area contributed by atoms with E-state index in [0.29, 0.717) is 18.1 Å². The van der Waals surface area contributed by atoms with Crippen LogP contribution >= 0.6 is 15.9 Å². The van der Waals surface area contributed by atoms with Crippen molar-refractivity contribution in [1.29, 1.82) is 0 Å². The van der Waals surface area contributed by atoms with Gasteiger partial charge in [-0.2, -0.15) is 5.10 Å². The zero-order valence-electron chi connectivity index (χ0n) is 16.4. The summed E-state index contributed by atoms with van der Waals surface area (Å²) in [6, 6.07) is 22.4. The highest BCUT2D eigenvalue weighted by molar-refractivity contribution is 9.10. The molecule has 0 radical (unpaired) electrons. The van der Waals surface area contributed by atoms with Crippen molar-refractivity contribution in [2.45, 2.75) is 6.61 Å². The fraction of sp³-hybridized carbons (Fsp3) is 0.130. The number of benzene rings is 3. The molecule has 0 saturated carbocycles. The second kappa shape index (κ2) is 11.0. The van der Waals surface area contributed by atoms with Gasteiger partial charge in [0.1, 0.15) is 23.9 Å².